The summed E-state index contributed by atoms with van der Waals surface area (Å²) >= 11 is 0. The molecule has 0 unspecified atom stereocenters. The molecule has 1 heterocycles. The highest BCUT2D eigenvalue weighted by atomic mass is 15.2. The second-order valence-electron chi connectivity index (χ2n) is 5.47. The zero-order valence-corrected chi connectivity index (χ0v) is 11.5. The first-order chi connectivity index (χ1) is 8.08. The lowest BCUT2D eigenvalue weighted by Crippen LogP contribution is -2.42. The van der Waals surface area contributed by atoms with E-state index in [2.05, 4.69) is 55.9 Å². The molecule has 0 aromatic heterocycles. The van der Waals surface area contributed by atoms with Crippen LogP contribution < -0.4 is 4.90 Å². The standard InChI is InChI=1S/C15H24N2/c1-12-5-6-15(13(2)11-12)17-9-7-14(8-10-17)16(3)4/h5-6,11,14H,7-10H2,1-4H3. The van der Waals surface area contributed by atoms with Gasteiger partial charge in [0, 0.05) is 24.8 Å². The Labute approximate surface area is 105 Å². The quantitative estimate of drug-likeness (QED) is 0.773. The van der Waals surface area contributed by atoms with Crippen molar-refractivity contribution in [2.75, 3.05) is 32.1 Å². The zero-order chi connectivity index (χ0) is 12.4. The minimum absolute atomic E-state index is 0.761. The number of hydrogen-bond donors (Lipinski definition) is 0. The van der Waals surface area contributed by atoms with Crippen molar-refractivity contribution >= 4 is 5.69 Å². The molecule has 0 N–H and O–H groups in total. The van der Waals surface area contributed by atoms with Gasteiger partial charge in [-0.05, 0) is 52.4 Å². The van der Waals surface area contributed by atoms with Gasteiger partial charge in [0.25, 0.3) is 0 Å². The van der Waals surface area contributed by atoms with Gasteiger partial charge in [0.1, 0.15) is 0 Å². The smallest absolute Gasteiger partial charge is 0.0396 e. The van der Waals surface area contributed by atoms with E-state index in [-0.39, 0.29) is 0 Å². The van der Waals surface area contributed by atoms with E-state index >= 15 is 0 Å². The largest absolute Gasteiger partial charge is 0.371 e. The third-order valence-electron chi connectivity index (χ3n) is 3.89. The second-order valence-corrected chi connectivity index (χ2v) is 5.47. The summed E-state index contributed by atoms with van der Waals surface area (Å²) in [5.41, 5.74) is 4.19. The van der Waals surface area contributed by atoms with Crippen LogP contribution in [0.1, 0.15) is 24.0 Å². The summed E-state index contributed by atoms with van der Waals surface area (Å²) < 4.78 is 0. The molecule has 1 saturated heterocycles. The summed E-state index contributed by atoms with van der Waals surface area (Å²) in [6.45, 7) is 6.76. The first-order valence-electron chi connectivity index (χ1n) is 6.56. The van der Waals surface area contributed by atoms with Crippen LogP contribution in [0.2, 0.25) is 0 Å². The molecule has 0 saturated carbocycles. The van der Waals surface area contributed by atoms with Crippen molar-refractivity contribution in [3.8, 4) is 0 Å². The fourth-order valence-corrected chi connectivity index (χ4v) is 2.78. The van der Waals surface area contributed by atoms with Gasteiger partial charge in [0.2, 0.25) is 0 Å². The van der Waals surface area contributed by atoms with E-state index in [1.165, 1.54) is 42.7 Å². The maximum Gasteiger partial charge on any atom is 0.0396 e. The highest BCUT2D eigenvalue weighted by Crippen LogP contribution is 2.25. The molecule has 1 aliphatic heterocycles. The van der Waals surface area contributed by atoms with Crippen molar-refractivity contribution in [1.29, 1.82) is 0 Å². The summed E-state index contributed by atoms with van der Waals surface area (Å²) in [6, 6.07) is 7.55. The van der Waals surface area contributed by atoms with E-state index in [0.717, 1.165) is 6.04 Å². The molecule has 2 heteroatoms. The van der Waals surface area contributed by atoms with Crippen LogP contribution in [-0.2, 0) is 0 Å². The third-order valence-corrected chi connectivity index (χ3v) is 3.89. The van der Waals surface area contributed by atoms with E-state index in [1.807, 2.05) is 0 Å². The number of piperidine rings is 1. The average molecular weight is 232 g/mol. The minimum Gasteiger partial charge on any atom is -0.371 e. The lowest BCUT2D eigenvalue weighted by atomic mass is 10.0. The minimum atomic E-state index is 0.761. The maximum atomic E-state index is 2.54. The molecule has 0 spiro atoms. The summed E-state index contributed by atoms with van der Waals surface area (Å²) in [6.07, 6.45) is 2.56. The fourth-order valence-electron chi connectivity index (χ4n) is 2.78. The lowest BCUT2D eigenvalue weighted by molar-refractivity contribution is 0.249. The molecule has 1 aromatic carbocycles. The summed E-state index contributed by atoms with van der Waals surface area (Å²) in [4.78, 5) is 4.90. The number of nitrogens with zero attached hydrogens (tertiary/aromatic N) is 2. The Hall–Kier alpha value is -1.02. The monoisotopic (exact) mass is 232 g/mol. The van der Waals surface area contributed by atoms with Gasteiger partial charge in [-0.3, -0.25) is 0 Å². The molecule has 0 atom stereocenters. The van der Waals surface area contributed by atoms with Crippen LogP contribution in [0.4, 0.5) is 5.69 Å². The molecule has 94 valence electrons. The summed E-state index contributed by atoms with van der Waals surface area (Å²) in [5.74, 6) is 0. The summed E-state index contributed by atoms with van der Waals surface area (Å²) in [5, 5.41) is 0. The van der Waals surface area contributed by atoms with Gasteiger partial charge in [-0.1, -0.05) is 17.7 Å². The van der Waals surface area contributed by atoms with Crippen LogP contribution >= 0.6 is 0 Å². The lowest BCUT2D eigenvalue weighted by Gasteiger charge is -2.37. The van der Waals surface area contributed by atoms with Gasteiger partial charge in [0.05, 0.1) is 0 Å². The highest BCUT2D eigenvalue weighted by molar-refractivity contribution is 5.54. The molecule has 1 aromatic rings. The Kier molecular flexibility index (Phi) is 3.72. The van der Waals surface area contributed by atoms with Gasteiger partial charge in [-0.15, -0.1) is 0 Å². The second kappa shape index (κ2) is 5.09. The fraction of sp³-hybridized carbons (Fsp3) is 0.600. The predicted molar refractivity (Wildman–Crippen MR) is 74.8 cm³/mol. The molecule has 2 rings (SSSR count). The van der Waals surface area contributed by atoms with Crippen molar-refractivity contribution in [2.45, 2.75) is 32.7 Å². The zero-order valence-electron chi connectivity index (χ0n) is 11.5. The molecule has 17 heavy (non-hydrogen) atoms. The first-order valence-corrected chi connectivity index (χ1v) is 6.56. The van der Waals surface area contributed by atoms with Gasteiger partial charge < -0.3 is 9.80 Å². The molecule has 0 bridgehead atoms. The Morgan fingerprint density at radius 1 is 1.12 bits per heavy atom. The maximum absolute atomic E-state index is 2.54. The van der Waals surface area contributed by atoms with Gasteiger partial charge in [-0.2, -0.15) is 0 Å². The molecular formula is C15H24N2. The van der Waals surface area contributed by atoms with E-state index in [9.17, 15) is 0 Å². The molecule has 1 aliphatic rings. The number of aryl methyl sites for hydroxylation is 2. The van der Waals surface area contributed by atoms with Crippen LogP contribution in [0, 0.1) is 13.8 Å². The Morgan fingerprint density at radius 2 is 1.76 bits per heavy atom. The van der Waals surface area contributed by atoms with Gasteiger partial charge in [-0.25, -0.2) is 0 Å². The molecule has 0 amide bonds. The Morgan fingerprint density at radius 3 is 2.29 bits per heavy atom. The number of hydrogen-bond acceptors (Lipinski definition) is 2. The van der Waals surface area contributed by atoms with Crippen molar-refractivity contribution in [3.63, 3.8) is 0 Å². The Bertz CT molecular complexity index is 377. The van der Waals surface area contributed by atoms with Crippen LogP contribution in [0.5, 0.6) is 0 Å². The van der Waals surface area contributed by atoms with Crippen LogP contribution in [0.25, 0.3) is 0 Å². The molecule has 0 radical (unpaired) electrons. The highest BCUT2D eigenvalue weighted by Gasteiger charge is 2.21. The van der Waals surface area contributed by atoms with Crippen LogP contribution in [-0.4, -0.2) is 38.1 Å². The van der Waals surface area contributed by atoms with Crippen molar-refractivity contribution in [3.05, 3.63) is 29.3 Å². The van der Waals surface area contributed by atoms with Gasteiger partial charge >= 0.3 is 0 Å². The molecule has 0 aliphatic carbocycles. The Balaban J connectivity index is 2.05. The van der Waals surface area contributed by atoms with Crippen molar-refractivity contribution < 1.29 is 0 Å². The topological polar surface area (TPSA) is 6.48 Å². The normalized spacial score (nSPS) is 17.8. The van der Waals surface area contributed by atoms with E-state index in [1.54, 1.807) is 0 Å². The molecule has 1 fully saturated rings. The predicted octanol–water partition coefficient (Wildman–Crippen LogP) is 2.83. The van der Waals surface area contributed by atoms with E-state index in [0.29, 0.717) is 0 Å². The van der Waals surface area contributed by atoms with Crippen molar-refractivity contribution in [1.82, 2.24) is 4.90 Å². The van der Waals surface area contributed by atoms with Crippen LogP contribution in [0.15, 0.2) is 18.2 Å². The molecule has 2 nitrogen and oxygen atoms in total. The van der Waals surface area contributed by atoms with Crippen molar-refractivity contribution in [2.24, 2.45) is 0 Å². The summed E-state index contributed by atoms with van der Waals surface area (Å²) in [7, 11) is 4.38. The average Bonchev–Trinajstić information content (AvgIpc) is 2.29. The van der Waals surface area contributed by atoms with E-state index in [4.69, 9.17) is 0 Å². The molecular weight excluding hydrogens is 208 g/mol. The van der Waals surface area contributed by atoms with E-state index < -0.39 is 0 Å². The number of anilines is 1. The SMILES string of the molecule is Cc1ccc(N2CCC(N(C)C)CC2)c(C)c1. The van der Waals surface area contributed by atoms with Gasteiger partial charge in [0.15, 0.2) is 0 Å². The number of rotatable bonds is 2. The number of benzene rings is 1. The first kappa shape index (κ1) is 12.4. The van der Waals surface area contributed by atoms with Crippen LogP contribution in [0.3, 0.4) is 0 Å². The third kappa shape index (κ3) is 2.81.